The number of nitrogens with zero attached hydrogens (tertiary/aromatic N) is 2. The lowest BCUT2D eigenvalue weighted by molar-refractivity contribution is -0.137. The number of aryl methyl sites for hydroxylation is 1. The number of anilines is 1. The smallest absolute Gasteiger partial charge is 0.398 e. The Balaban J connectivity index is 2.02. The standard InChI is InChI=1S/C13H14F3N3OS/c1-2-3-12-18-11(19-20-12)7-21-10-5-4-8(6-9(10)17)13(14,15)16/h4-6H,2-3,7,17H2,1H3. The highest BCUT2D eigenvalue weighted by molar-refractivity contribution is 7.98. The average molecular weight is 317 g/mol. The van der Waals surface area contributed by atoms with Crippen LogP contribution in [-0.4, -0.2) is 10.1 Å². The van der Waals surface area contributed by atoms with Crippen LogP contribution in [0.5, 0.6) is 0 Å². The van der Waals surface area contributed by atoms with Gasteiger partial charge in [-0.3, -0.25) is 0 Å². The van der Waals surface area contributed by atoms with Gasteiger partial charge in [0.2, 0.25) is 5.89 Å². The number of rotatable bonds is 5. The van der Waals surface area contributed by atoms with Crippen LogP contribution in [0.3, 0.4) is 0 Å². The van der Waals surface area contributed by atoms with E-state index in [0.717, 1.165) is 18.6 Å². The van der Waals surface area contributed by atoms with Gasteiger partial charge in [0.05, 0.1) is 11.3 Å². The largest absolute Gasteiger partial charge is 0.416 e. The summed E-state index contributed by atoms with van der Waals surface area (Å²) in [5, 5.41) is 3.81. The minimum absolute atomic E-state index is 0.0899. The monoisotopic (exact) mass is 317 g/mol. The minimum atomic E-state index is -4.39. The van der Waals surface area contributed by atoms with Crippen molar-refractivity contribution in [1.82, 2.24) is 10.1 Å². The number of nitrogens with two attached hydrogens (primary N) is 1. The maximum Gasteiger partial charge on any atom is 0.416 e. The Labute approximate surface area is 123 Å². The zero-order valence-corrected chi connectivity index (χ0v) is 12.1. The van der Waals surface area contributed by atoms with Crippen LogP contribution in [0.1, 0.15) is 30.6 Å². The van der Waals surface area contributed by atoms with E-state index in [-0.39, 0.29) is 5.69 Å². The van der Waals surface area contributed by atoms with E-state index < -0.39 is 11.7 Å². The lowest BCUT2D eigenvalue weighted by Crippen LogP contribution is -2.05. The van der Waals surface area contributed by atoms with Gasteiger partial charge in [0.1, 0.15) is 0 Å². The third-order valence-electron chi connectivity index (χ3n) is 2.67. The van der Waals surface area contributed by atoms with Crippen molar-refractivity contribution in [3.8, 4) is 0 Å². The highest BCUT2D eigenvalue weighted by Crippen LogP contribution is 2.34. The molecule has 0 saturated heterocycles. The molecule has 0 unspecified atom stereocenters. The Morgan fingerprint density at radius 1 is 1.33 bits per heavy atom. The fraction of sp³-hybridized carbons (Fsp3) is 0.385. The highest BCUT2D eigenvalue weighted by atomic mass is 32.2. The quantitative estimate of drug-likeness (QED) is 0.669. The fourth-order valence-corrected chi connectivity index (χ4v) is 2.45. The molecule has 1 aromatic heterocycles. The summed E-state index contributed by atoms with van der Waals surface area (Å²) in [5.74, 6) is 1.46. The normalized spacial score (nSPS) is 11.8. The van der Waals surface area contributed by atoms with E-state index >= 15 is 0 Å². The Kier molecular flexibility index (Phi) is 4.76. The molecule has 0 aliphatic heterocycles. The van der Waals surface area contributed by atoms with E-state index in [0.29, 0.717) is 28.8 Å². The number of hydrogen-bond donors (Lipinski definition) is 1. The van der Waals surface area contributed by atoms with Crippen molar-refractivity contribution in [2.24, 2.45) is 0 Å². The molecular weight excluding hydrogens is 303 g/mol. The molecule has 114 valence electrons. The van der Waals surface area contributed by atoms with Crippen LogP contribution in [0.2, 0.25) is 0 Å². The van der Waals surface area contributed by atoms with Crippen molar-refractivity contribution >= 4 is 17.4 Å². The number of benzene rings is 1. The van der Waals surface area contributed by atoms with Gasteiger partial charge < -0.3 is 10.3 Å². The van der Waals surface area contributed by atoms with Gasteiger partial charge in [0.25, 0.3) is 0 Å². The first-order valence-electron chi connectivity index (χ1n) is 6.31. The molecule has 21 heavy (non-hydrogen) atoms. The first-order valence-corrected chi connectivity index (χ1v) is 7.29. The molecule has 0 bridgehead atoms. The van der Waals surface area contributed by atoms with Crippen molar-refractivity contribution in [3.05, 3.63) is 35.5 Å². The third kappa shape index (κ3) is 4.13. The molecule has 0 fully saturated rings. The summed E-state index contributed by atoms with van der Waals surface area (Å²) < 4.78 is 42.6. The predicted molar refractivity (Wildman–Crippen MR) is 73.7 cm³/mol. The van der Waals surface area contributed by atoms with Gasteiger partial charge in [-0.1, -0.05) is 12.1 Å². The van der Waals surface area contributed by atoms with Crippen LogP contribution in [-0.2, 0) is 18.3 Å². The van der Waals surface area contributed by atoms with E-state index in [4.69, 9.17) is 10.3 Å². The van der Waals surface area contributed by atoms with Gasteiger partial charge >= 0.3 is 6.18 Å². The number of nitrogen functional groups attached to an aromatic ring is 1. The zero-order chi connectivity index (χ0) is 15.5. The molecule has 8 heteroatoms. The van der Waals surface area contributed by atoms with Crippen molar-refractivity contribution in [3.63, 3.8) is 0 Å². The Morgan fingerprint density at radius 3 is 2.71 bits per heavy atom. The van der Waals surface area contributed by atoms with Crippen molar-refractivity contribution in [2.75, 3.05) is 5.73 Å². The summed E-state index contributed by atoms with van der Waals surface area (Å²) >= 11 is 1.27. The van der Waals surface area contributed by atoms with Crippen LogP contribution in [0, 0.1) is 0 Å². The van der Waals surface area contributed by atoms with Gasteiger partial charge in [-0.15, -0.1) is 11.8 Å². The molecule has 0 atom stereocenters. The fourth-order valence-electron chi connectivity index (χ4n) is 1.66. The van der Waals surface area contributed by atoms with Gasteiger partial charge in [0, 0.05) is 17.0 Å². The lowest BCUT2D eigenvalue weighted by Gasteiger charge is -2.09. The predicted octanol–water partition coefficient (Wildman–Crippen LogP) is 3.92. The molecular formula is C13H14F3N3OS. The van der Waals surface area contributed by atoms with E-state index in [9.17, 15) is 13.2 Å². The van der Waals surface area contributed by atoms with E-state index in [1.807, 2.05) is 6.92 Å². The summed E-state index contributed by atoms with van der Waals surface area (Å²) in [6, 6.07) is 3.30. The lowest BCUT2D eigenvalue weighted by atomic mass is 10.2. The van der Waals surface area contributed by atoms with Crippen LogP contribution >= 0.6 is 11.8 Å². The summed E-state index contributed by atoms with van der Waals surface area (Å²) in [6.07, 6.45) is -2.78. The minimum Gasteiger partial charge on any atom is -0.398 e. The van der Waals surface area contributed by atoms with Gasteiger partial charge in [-0.05, 0) is 24.6 Å². The molecule has 1 heterocycles. The summed E-state index contributed by atoms with van der Waals surface area (Å²) in [5.41, 5.74) is 4.98. The number of aromatic nitrogens is 2. The topological polar surface area (TPSA) is 64.9 Å². The molecule has 0 saturated carbocycles. The van der Waals surface area contributed by atoms with Crippen molar-refractivity contribution in [2.45, 2.75) is 36.6 Å². The maximum atomic E-state index is 12.5. The second kappa shape index (κ2) is 6.38. The molecule has 2 rings (SSSR count). The zero-order valence-electron chi connectivity index (χ0n) is 11.3. The molecule has 0 radical (unpaired) electrons. The number of thioether (sulfide) groups is 1. The van der Waals surface area contributed by atoms with Gasteiger partial charge in [0.15, 0.2) is 5.82 Å². The molecule has 0 amide bonds. The van der Waals surface area contributed by atoms with E-state index in [2.05, 4.69) is 10.1 Å². The molecule has 2 N–H and O–H groups in total. The summed E-state index contributed by atoms with van der Waals surface area (Å²) in [7, 11) is 0. The Bertz CT molecular complexity index is 613. The first kappa shape index (κ1) is 15.7. The van der Waals surface area contributed by atoms with Gasteiger partial charge in [-0.25, -0.2) is 0 Å². The SMILES string of the molecule is CCCc1nc(CSc2ccc(C(F)(F)F)cc2N)no1. The second-order valence-electron chi connectivity index (χ2n) is 4.39. The number of hydrogen-bond acceptors (Lipinski definition) is 5. The van der Waals surface area contributed by atoms with Crippen LogP contribution in [0.15, 0.2) is 27.6 Å². The van der Waals surface area contributed by atoms with Crippen molar-refractivity contribution < 1.29 is 17.7 Å². The number of alkyl halides is 3. The number of halogens is 3. The summed E-state index contributed by atoms with van der Waals surface area (Å²) in [6.45, 7) is 2.00. The Hall–Kier alpha value is -1.70. The Morgan fingerprint density at radius 2 is 2.10 bits per heavy atom. The van der Waals surface area contributed by atoms with Crippen LogP contribution < -0.4 is 5.73 Å². The average Bonchev–Trinajstić information content (AvgIpc) is 2.84. The van der Waals surface area contributed by atoms with Crippen LogP contribution in [0.25, 0.3) is 0 Å². The van der Waals surface area contributed by atoms with Crippen LogP contribution in [0.4, 0.5) is 18.9 Å². The molecule has 2 aromatic rings. The summed E-state index contributed by atoms with van der Waals surface area (Å²) in [4.78, 5) is 4.74. The molecule has 0 aliphatic rings. The molecule has 0 aliphatic carbocycles. The van der Waals surface area contributed by atoms with Gasteiger partial charge in [-0.2, -0.15) is 18.2 Å². The molecule has 1 aromatic carbocycles. The highest BCUT2D eigenvalue weighted by Gasteiger charge is 2.30. The maximum absolute atomic E-state index is 12.5. The third-order valence-corrected chi connectivity index (χ3v) is 3.75. The van der Waals surface area contributed by atoms with E-state index in [1.54, 1.807) is 0 Å². The van der Waals surface area contributed by atoms with E-state index in [1.165, 1.54) is 17.8 Å². The molecule has 4 nitrogen and oxygen atoms in total. The first-order chi connectivity index (χ1) is 9.90. The molecule has 0 spiro atoms. The van der Waals surface area contributed by atoms with Crippen molar-refractivity contribution in [1.29, 1.82) is 0 Å². The second-order valence-corrected chi connectivity index (χ2v) is 5.41.